The maximum atomic E-state index is 12.6. The first kappa shape index (κ1) is 12.5. The van der Waals surface area contributed by atoms with Crippen molar-refractivity contribution in [1.82, 2.24) is 0 Å². The summed E-state index contributed by atoms with van der Waals surface area (Å²) in [5.74, 6) is -11.1. The largest absolute Gasteiger partial charge is 0.459 e. The van der Waals surface area contributed by atoms with Gasteiger partial charge in [0.1, 0.15) is 0 Å². The van der Waals surface area contributed by atoms with Gasteiger partial charge < -0.3 is 4.74 Å². The first-order chi connectivity index (χ1) is 6.58. The second kappa shape index (κ2) is 3.50. The van der Waals surface area contributed by atoms with Crippen molar-refractivity contribution in [3.8, 4) is 0 Å². The minimum atomic E-state index is -6.24. The Bertz CT molecular complexity index is 230. The van der Waals surface area contributed by atoms with Crippen LogP contribution >= 0.6 is 0 Å². The molecule has 1 aliphatic heterocycles. The van der Waals surface area contributed by atoms with E-state index in [0.29, 0.717) is 0 Å². The second-order valence-electron chi connectivity index (χ2n) is 3.27. The van der Waals surface area contributed by atoms with Gasteiger partial charge in [-0.05, 0) is 6.42 Å². The summed E-state index contributed by atoms with van der Waals surface area (Å²) in [6, 6.07) is 0. The van der Waals surface area contributed by atoms with Crippen LogP contribution in [0.1, 0.15) is 12.8 Å². The first-order valence-corrected chi connectivity index (χ1v) is 4.02. The van der Waals surface area contributed by atoms with Gasteiger partial charge in [-0.25, -0.2) is 0 Å². The lowest BCUT2D eigenvalue weighted by atomic mass is 10.0. The van der Waals surface area contributed by atoms with Crippen LogP contribution in [-0.2, 0) is 4.74 Å². The van der Waals surface area contributed by atoms with E-state index in [1.165, 1.54) is 0 Å². The number of hydrogen-bond acceptors (Lipinski definition) is 1. The second-order valence-corrected chi connectivity index (χ2v) is 3.27. The van der Waals surface area contributed by atoms with Crippen molar-refractivity contribution in [2.45, 2.75) is 37.0 Å². The van der Waals surface area contributed by atoms with Crippen molar-refractivity contribution in [2.24, 2.45) is 0 Å². The van der Waals surface area contributed by atoms with Crippen molar-refractivity contribution in [3.05, 3.63) is 0 Å². The van der Waals surface area contributed by atoms with Crippen molar-refractivity contribution >= 4 is 0 Å². The van der Waals surface area contributed by atoms with E-state index in [9.17, 15) is 30.7 Å². The summed E-state index contributed by atoms with van der Waals surface area (Å²) in [6.07, 6.45) is -8.89. The molecule has 1 saturated heterocycles. The molecule has 0 radical (unpaired) electrons. The van der Waals surface area contributed by atoms with Crippen LogP contribution in [0, 0.1) is 0 Å². The van der Waals surface area contributed by atoms with Crippen molar-refractivity contribution in [1.29, 1.82) is 0 Å². The summed E-state index contributed by atoms with van der Waals surface area (Å²) < 4.78 is 88.9. The molecule has 0 bridgehead atoms. The zero-order valence-corrected chi connectivity index (χ0v) is 7.25. The molecule has 1 heterocycles. The number of rotatable bonds is 4. The van der Waals surface area contributed by atoms with E-state index in [2.05, 4.69) is 4.74 Å². The fourth-order valence-electron chi connectivity index (χ4n) is 0.941. The van der Waals surface area contributed by atoms with Crippen LogP contribution in [0.2, 0.25) is 0 Å². The molecule has 0 amide bonds. The number of alkyl halides is 7. The third kappa shape index (κ3) is 2.53. The van der Waals surface area contributed by atoms with E-state index >= 15 is 0 Å². The summed E-state index contributed by atoms with van der Waals surface area (Å²) in [7, 11) is 0. The predicted molar refractivity (Wildman–Crippen MR) is 34.9 cm³/mol. The van der Waals surface area contributed by atoms with E-state index in [1.807, 2.05) is 0 Å². The smallest absolute Gasteiger partial charge is 0.373 e. The van der Waals surface area contributed by atoms with Gasteiger partial charge >= 0.3 is 18.0 Å². The highest BCUT2D eigenvalue weighted by Gasteiger charge is 2.72. The SMILES string of the molecule is FC(F)(F)C(F)(F)C(F)(F)CCC1CO1. The molecule has 1 nitrogen and oxygen atoms in total. The number of epoxide rings is 1. The molecule has 90 valence electrons. The topological polar surface area (TPSA) is 12.5 Å². The Balaban J connectivity index is 2.64. The third-order valence-electron chi connectivity index (χ3n) is 2.00. The van der Waals surface area contributed by atoms with Gasteiger partial charge in [0.15, 0.2) is 0 Å². The maximum absolute atomic E-state index is 12.6. The standard InChI is InChI=1S/C7H7F7O/c8-5(9,2-1-4-3-15-4)6(10,11)7(12,13)14/h4H,1-3H2. The Kier molecular flexibility index (Phi) is 2.92. The van der Waals surface area contributed by atoms with Gasteiger partial charge in [-0.1, -0.05) is 0 Å². The fraction of sp³-hybridized carbons (Fsp3) is 1.00. The molecule has 1 aliphatic rings. The minimum absolute atomic E-state index is 0.133. The van der Waals surface area contributed by atoms with Crippen LogP contribution in [0.5, 0.6) is 0 Å². The lowest BCUT2D eigenvalue weighted by Gasteiger charge is -2.27. The molecule has 0 aromatic heterocycles. The molecule has 0 aliphatic carbocycles. The first-order valence-electron chi connectivity index (χ1n) is 4.02. The predicted octanol–water partition coefficient (Wildman–Crippen LogP) is 3.00. The lowest BCUT2D eigenvalue weighted by molar-refractivity contribution is -0.355. The van der Waals surface area contributed by atoms with Crippen LogP contribution in [0.15, 0.2) is 0 Å². The zero-order chi connectivity index (χ0) is 11.9. The van der Waals surface area contributed by atoms with Gasteiger partial charge in [-0.3, -0.25) is 0 Å². The normalized spacial score (nSPS) is 23.0. The van der Waals surface area contributed by atoms with E-state index in [1.54, 1.807) is 0 Å². The van der Waals surface area contributed by atoms with Gasteiger partial charge in [0.2, 0.25) is 0 Å². The molecule has 0 aromatic rings. The van der Waals surface area contributed by atoms with Gasteiger partial charge in [0, 0.05) is 6.42 Å². The summed E-state index contributed by atoms with van der Waals surface area (Å²) in [4.78, 5) is 0. The Morgan fingerprint density at radius 3 is 1.80 bits per heavy atom. The number of halogens is 7. The van der Waals surface area contributed by atoms with Gasteiger partial charge in [0.05, 0.1) is 12.7 Å². The minimum Gasteiger partial charge on any atom is -0.373 e. The van der Waals surface area contributed by atoms with Crippen molar-refractivity contribution < 1.29 is 35.5 Å². The van der Waals surface area contributed by atoms with E-state index < -0.39 is 37.0 Å². The molecule has 15 heavy (non-hydrogen) atoms. The van der Waals surface area contributed by atoms with E-state index in [0.717, 1.165) is 0 Å². The Morgan fingerprint density at radius 1 is 1.00 bits per heavy atom. The molecule has 0 N–H and O–H groups in total. The van der Waals surface area contributed by atoms with E-state index in [4.69, 9.17) is 0 Å². The summed E-state index contributed by atoms with van der Waals surface area (Å²) >= 11 is 0. The summed E-state index contributed by atoms with van der Waals surface area (Å²) in [5, 5.41) is 0. The highest BCUT2D eigenvalue weighted by Crippen LogP contribution is 2.48. The zero-order valence-electron chi connectivity index (χ0n) is 7.25. The fourth-order valence-corrected chi connectivity index (χ4v) is 0.941. The van der Waals surface area contributed by atoms with E-state index in [-0.39, 0.29) is 6.61 Å². The van der Waals surface area contributed by atoms with Gasteiger partial charge in [0.25, 0.3) is 0 Å². The Morgan fingerprint density at radius 2 is 1.47 bits per heavy atom. The summed E-state index contributed by atoms with van der Waals surface area (Å²) in [6.45, 7) is 0.133. The van der Waals surface area contributed by atoms with Crippen LogP contribution < -0.4 is 0 Å². The lowest BCUT2D eigenvalue weighted by Crippen LogP contribution is -2.51. The van der Waals surface area contributed by atoms with Crippen LogP contribution in [0.4, 0.5) is 30.7 Å². The van der Waals surface area contributed by atoms with Crippen molar-refractivity contribution in [2.75, 3.05) is 6.61 Å². The number of ether oxygens (including phenoxy) is 1. The molecule has 1 unspecified atom stereocenters. The Labute approximate surface area is 80.2 Å². The van der Waals surface area contributed by atoms with Crippen molar-refractivity contribution in [3.63, 3.8) is 0 Å². The van der Waals surface area contributed by atoms with Gasteiger partial charge in [-0.15, -0.1) is 0 Å². The molecule has 0 saturated carbocycles. The molecular formula is C7H7F7O. The van der Waals surface area contributed by atoms with Crippen LogP contribution in [0.25, 0.3) is 0 Å². The third-order valence-corrected chi connectivity index (χ3v) is 2.00. The maximum Gasteiger partial charge on any atom is 0.459 e. The number of hydrogen-bond donors (Lipinski definition) is 0. The molecule has 1 rings (SSSR count). The highest BCUT2D eigenvalue weighted by atomic mass is 19.4. The monoisotopic (exact) mass is 240 g/mol. The van der Waals surface area contributed by atoms with Crippen LogP contribution in [-0.4, -0.2) is 30.7 Å². The molecule has 0 spiro atoms. The average molecular weight is 240 g/mol. The molecule has 8 heteroatoms. The van der Waals surface area contributed by atoms with Gasteiger partial charge in [-0.2, -0.15) is 30.7 Å². The molecule has 1 fully saturated rings. The summed E-state index contributed by atoms with van der Waals surface area (Å²) in [5.41, 5.74) is 0. The molecular weight excluding hydrogens is 233 g/mol. The quantitative estimate of drug-likeness (QED) is 0.543. The average Bonchev–Trinajstić information content (AvgIpc) is 2.81. The molecule has 1 atom stereocenters. The highest BCUT2D eigenvalue weighted by molar-refractivity contribution is 4.92. The molecule has 0 aromatic carbocycles. The van der Waals surface area contributed by atoms with Crippen LogP contribution in [0.3, 0.4) is 0 Å². The Hall–Kier alpha value is -0.530.